The zero-order chi connectivity index (χ0) is 18.1. The van der Waals surface area contributed by atoms with Crippen molar-refractivity contribution in [2.45, 2.75) is 13.0 Å². The van der Waals surface area contributed by atoms with Gasteiger partial charge in [0.05, 0.1) is 6.07 Å². The number of benzene rings is 2. The topological polar surface area (TPSA) is 82.0 Å². The maximum Gasteiger partial charge on any atom is 0.244 e. The summed E-state index contributed by atoms with van der Waals surface area (Å²) in [4.78, 5) is 23.2. The highest BCUT2D eigenvalue weighted by atomic mass is 79.9. The number of rotatable bonds is 6. The number of nitriles is 1. The Morgan fingerprint density at radius 3 is 2.52 bits per heavy atom. The van der Waals surface area contributed by atoms with E-state index >= 15 is 0 Å². The van der Waals surface area contributed by atoms with Crippen molar-refractivity contribution in [3.05, 3.63) is 70.2 Å². The zero-order valence-electron chi connectivity index (χ0n) is 13.3. The molecule has 0 heterocycles. The SMILES string of the molecule is N#CCC(=O)Nc1ccc(CNC(=O)/C=C/c2ccccc2Br)cc1. The minimum absolute atomic E-state index is 0.179. The van der Waals surface area contributed by atoms with E-state index in [9.17, 15) is 9.59 Å². The second kappa shape index (κ2) is 9.40. The van der Waals surface area contributed by atoms with E-state index in [2.05, 4.69) is 26.6 Å². The van der Waals surface area contributed by atoms with Gasteiger partial charge in [-0.2, -0.15) is 5.26 Å². The predicted molar refractivity (Wildman–Crippen MR) is 100 cm³/mol. The number of hydrogen-bond acceptors (Lipinski definition) is 3. The minimum atomic E-state index is -0.347. The second-order valence-corrected chi connectivity index (χ2v) is 6.01. The molecule has 0 fully saturated rings. The Morgan fingerprint density at radius 2 is 1.84 bits per heavy atom. The summed E-state index contributed by atoms with van der Waals surface area (Å²) in [5.41, 5.74) is 2.44. The molecule has 0 aromatic heterocycles. The molecule has 25 heavy (non-hydrogen) atoms. The summed E-state index contributed by atoms with van der Waals surface area (Å²) in [5.74, 6) is -0.539. The fourth-order valence-electron chi connectivity index (χ4n) is 2.01. The van der Waals surface area contributed by atoms with E-state index in [0.29, 0.717) is 12.2 Å². The molecule has 0 atom stereocenters. The molecule has 0 aliphatic heterocycles. The minimum Gasteiger partial charge on any atom is -0.348 e. The molecule has 0 unspecified atom stereocenters. The molecule has 2 amide bonds. The molecule has 0 aliphatic carbocycles. The van der Waals surface area contributed by atoms with Gasteiger partial charge in [0.2, 0.25) is 11.8 Å². The molecular formula is C19H16BrN3O2. The monoisotopic (exact) mass is 397 g/mol. The Morgan fingerprint density at radius 1 is 1.12 bits per heavy atom. The molecule has 2 aromatic rings. The van der Waals surface area contributed by atoms with E-state index in [1.807, 2.05) is 24.3 Å². The molecule has 0 saturated heterocycles. The predicted octanol–water partition coefficient (Wildman–Crippen LogP) is 3.63. The first-order valence-corrected chi connectivity index (χ1v) is 8.34. The lowest BCUT2D eigenvalue weighted by Crippen LogP contribution is -2.20. The van der Waals surface area contributed by atoms with E-state index in [1.54, 1.807) is 36.4 Å². The second-order valence-electron chi connectivity index (χ2n) is 5.15. The Balaban J connectivity index is 1.84. The molecule has 0 spiro atoms. The maximum absolute atomic E-state index is 11.9. The van der Waals surface area contributed by atoms with Crippen LogP contribution in [0.3, 0.4) is 0 Å². The lowest BCUT2D eigenvalue weighted by Gasteiger charge is -2.06. The van der Waals surface area contributed by atoms with Crippen LogP contribution in [0.2, 0.25) is 0 Å². The number of hydrogen-bond donors (Lipinski definition) is 2. The molecule has 6 heteroatoms. The van der Waals surface area contributed by atoms with E-state index < -0.39 is 0 Å². The first kappa shape index (κ1) is 18.4. The van der Waals surface area contributed by atoms with Gasteiger partial charge < -0.3 is 10.6 Å². The van der Waals surface area contributed by atoms with Gasteiger partial charge in [0, 0.05) is 22.8 Å². The summed E-state index contributed by atoms with van der Waals surface area (Å²) in [5, 5.41) is 13.9. The number of carbonyl (C=O) groups is 2. The van der Waals surface area contributed by atoms with E-state index in [-0.39, 0.29) is 18.2 Å². The van der Waals surface area contributed by atoms with Gasteiger partial charge >= 0.3 is 0 Å². The van der Waals surface area contributed by atoms with Crippen molar-refractivity contribution in [1.29, 1.82) is 5.26 Å². The van der Waals surface area contributed by atoms with Crippen molar-refractivity contribution in [3.8, 4) is 6.07 Å². The molecule has 126 valence electrons. The van der Waals surface area contributed by atoms with Crippen molar-refractivity contribution in [3.63, 3.8) is 0 Å². The van der Waals surface area contributed by atoms with Crippen LogP contribution in [0.15, 0.2) is 59.1 Å². The van der Waals surface area contributed by atoms with Gasteiger partial charge in [-0.05, 0) is 35.4 Å². The van der Waals surface area contributed by atoms with Crippen molar-refractivity contribution in [2.24, 2.45) is 0 Å². The van der Waals surface area contributed by atoms with Crippen LogP contribution in [-0.4, -0.2) is 11.8 Å². The Hall–Kier alpha value is -2.91. The van der Waals surface area contributed by atoms with Gasteiger partial charge in [-0.3, -0.25) is 9.59 Å². The van der Waals surface area contributed by atoms with Crippen molar-refractivity contribution in [2.75, 3.05) is 5.32 Å². The third kappa shape index (κ3) is 6.24. The fourth-order valence-corrected chi connectivity index (χ4v) is 2.42. The van der Waals surface area contributed by atoms with Gasteiger partial charge in [0.15, 0.2) is 0 Å². The molecular weight excluding hydrogens is 382 g/mol. The third-order valence-electron chi connectivity index (χ3n) is 3.26. The molecule has 0 aliphatic rings. The Labute approximate surface area is 154 Å². The average Bonchev–Trinajstić information content (AvgIpc) is 2.60. The normalized spacial score (nSPS) is 10.2. The number of amides is 2. The first-order chi connectivity index (χ1) is 12.1. The van der Waals surface area contributed by atoms with Crippen LogP contribution in [0.1, 0.15) is 17.5 Å². The summed E-state index contributed by atoms with van der Waals surface area (Å²) in [6.07, 6.45) is 3.05. The summed E-state index contributed by atoms with van der Waals surface area (Å²) in [6.45, 7) is 0.381. The largest absolute Gasteiger partial charge is 0.348 e. The molecule has 2 aromatic carbocycles. The molecule has 2 N–H and O–H groups in total. The van der Waals surface area contributed by atoms with E-state index in [0.717, 1.165) is 15.6 Å². The summed E-state index contributed by atoms with van der Waals surface area (Å²) >= 11 is 3.42. The number of nitrogens with zero attached hydrogens (tertiary/aromatic N) is 1. The summed E-state index contributed by atoms with van der Waals surface area (Å²) in [6, 6.07) is 16.5. The van der Waals surface area contributed by atoms with Gasteiger partial charge in [0.1, 0.15) is 6.42 Å². The van der Waals surface area contributed by atoms with Crippen LogP contribution in [0.4, 0.5) is 5.69 Å². The summed E-state index contributed by atoms with van der Waals surface area (Å²) < 4.78 is 0.924. The third-order valence-corrected chi connectivity index (χ3v) is 3.99. The number of halogens is 1. The molecule has 0 radical (unpaired) electrons. The van der Waals surface area contributed by atoms with Crippen LogP contribution in [-0.2, 0) is 16.1 Å². The zero-order valence-corrected chi connectivity index (χ0v) is 14.9. The first-order valence-electron chi connectivity index (χ1n) is 7.54. The highest BCUT2D eigenvalue weighted by molar-refractivity contribution is 9.10. The van der Waals surface area contributed by atoms with Gasteiger partial charge in [-0.25, -0.2) is 0 Å². The Kier molecular flexibility index (Phi) is 6.93. The van der Waals surface area contributed by atoms with Crippen LogP contribution in [0.5, 0.6) is 0 Å². The number of carbonyl (C=O) groups excluding carboxylic acids is 2. The van der Waals surface area contributed by atoms with Crippen molar-refractivity contribution >= 4 is 39.5 Å². The van der Waals surface area contributed by atoms with Gasteiger partial charge in [0.25, 0.3) is 0 Å². The van der Waals surface area contributed by atoms with Gasteiger partial charge in [-0.15, -0.1) is 0 Å². The van der Waals surface area contributed by atoms with Crippen LogP contribution in [0, 0.1) is 11.3 Å². The fraction of sp³-hybridized carbons (Fsp3) is 0.105. The standard InChI is InChI=1S/C19H16BrN3O2/c20-17-4-2-1-3-15(17)7-10-18(24)22-13-14-5-8-16(9-6-14)23-19(25)11-12-21/h1-10H,11,13H2,(H,22,24)(H,23,25)/b10-7+. The molecule has 2 rings (SSSR count). The number of nitrogens with one attached hydrogen (secondary N) is 2. The lowest BCUT2D eigenvalue weighted by atomic mass is 10.2. The Bertz CT molecular complexity index is 823. The number of anilines is 1. The van der Waals surface area contributed by atoms with Gasteiger partial charge in [-0.1, -0.05) is 46.3 Å². The molecule has 0 bridgehead atoms. The van der Waals surface area contributed by atoms with Crippen LogP contribution < -0.4 is 10.6 Å². The molecule has 0 saturated carbocycles. The quantitative estimate of drug-likeness (QED) is 0.730. The maximum atomic E-state index is 11.9. The summed E-state index contributed by atoms with van der Waals surface area (Å²) in [7, 11) is 0. The smallest absolute Gasteiger partial charge is 0.244 e. The van der Waals surface area contributed by atoms with Crippen LogP contribution >= 0.6 is 15.9 Å². The van der Waals surface area contributed by atoms with E-state index in [4.69, 9.17) is 5.26 Å². The van der Waals surface area contributed by atoms with E-state index in [1.165, 1.54) is 6.08 Å². The lowest BCUT2D eigenvalue weighted by molar-refractivity contribution is -0.117. The highest BCUT2D eigenvalue weighted by Crippen LogP contribution is 2.17. The highest BCUT2D eigenvalue weighted by Gasteiger charge is 2.02. The van der Waals surface area contributed by atoms with Crippen molar-refractivity contribution < 1.29 is 9.59 Å². The molecule has 5 nitrogen and oxygen atoms in total. The van der Waals surface area contributed by atoms with Crippen molar-refractivity contribution in [1.82, 2.24) is 5.32 Å². The van der Waals surface area contributed by atoms with Crippen LogP contribution in [0.25, 0.3) is 6.08 Å². The average molecular weight is 398 g/mol.